The highest BCUT2D eigenvalue weighted by Crippen LogP contribution is 2.45. The molecule has 2 aromatic rings. The fourth-order valence-corrected chi connectivity index (χ4v) is 4.49. The second kappa shape index (κ2) is 8.79. The lowest BCUT2D eigenvalue weighted by Crippen LogP contribution is -2.33. The molecule has 0 aromatic heterocycles. The standard InChI is InChI=1S/C26H34O4/c1-4-5-6-7-14-28-20-9-10-21(23(27)16-20)19-15-18-8-11-24-22(25(18)29-17-19)12-13-26(2,3)30-24/h8-11,16,19,27H,4-7,12-15,17H2,1-3H3. The zero-order chi connectivity index (χ0) is 21.1. The van der Waals surface area contributed by atoms with Crippen molar-refractivity contribution in [2.75, 3.05) is 13.2 Å². The van der Waals surface area contributed by atoms with Crippen LogP contribution in [0.1, 0.15) is 75.5 Å². The summed E-state index contributed by atoms with van der Waals surface area (Å²) in [7, 11) is 0. The highest BCUT2D eigenvalue weighted by Gasteiger charge is 2.32. The third-order valence-electron chi connectivity index (χ3n) is 6.27. The Hall–Kier alpha value is -2.36. The van der Waals surface area contributed by atoms with Crippen LogP contribution in [0.15, 0.2) is 30.3 Å². The summed E-state index contributed by atoms with van der Waals surface area (Å²) in [5.74, 6) is 3.10. The van der Waals surface area contributed by atoms with E-state index in [2.05, 4.69) is 32.9 Å². The molecule has 1 unspecified atom stereocenters. The maximum absolute atomic E-state index is 10.6. The zero-order valence-electron chi connectivity index (χ0n) is 18.5. The van der Waals surface area contributed by atoms with Gasteiger partial charge in [-0.15, -0.1) is 0 Å². The number of hydrogen-bond acceptors (Lipinski definition) is 4. The average Bonchev–Trinajstić information content (AvgIpc) is 2.72. The van der Waals surface area contributed by atoms with Crippen molar-refractivity contribution in [2.24, 2.45) is 0 Å². The molecule has 4 rings (SSSR count). The molecule has 2 heterocycles. The Morgan fingerprint density at radius 3 is 2.80 bits per heavy atom. The number of phenolic OH excluding ortho intramolecular Hbond substituents is 1. The Kier molecular flexibility index (Phi) is 6.12. The van der Waals surface area contributed by atoms with Crippen molar-refractivity contribution in [2.45, 2.75) is 77.2 Å². The first-order valence-electron chi connectivity index (χ1n) is 11.4. The van der Waals surface area contributed by atoms with Crippen LogP contribution in [-0.4, -0.2) is 23.9 Å². The van der Waals surface area contributed by atoms with Crippen LogP contribution in [0.4, 0.5) is 0 Å². The number of ether oxygens (including phenoxy) is 3. The monoisotopic (exact) mass is 410 g/mol. The molecule has 2 aliphatic heterocycles. The number of hydrogen-bond donors (Lipinski definition) is 1. The van der Waals surface area contributed by atoms with Gasteiger partial charge < -0.3 is 19.3 Å². The fourth-order valence-electron chi connectivity index (χ4n) is 4.49. The van der Waals surface area contributed by atoms with Crippen LogP contribution in [0.2, 0.25) is 0 Å². The minimum atomic E-state index is -0.121. The number of benzene rings is 2. The molecule has 162 valence electrons. The molecule has 1 N–H and O–H groups in total. The highest BCUT2D eigenvalue weighted by atomic mass is 16.5. The lowest BCUT2D eigenvalue weighted by molar-refractivity contribution is 0.0826. The topological polar surface area (TPSA) is 47.9 Å². The molecule has 0 amide bonds. The normalized spacial score (nSPS) is 19.2. The Bertz CT molecular complexity index is 887. The van der Waals surface area contributed by atoms with Gasteiger partial charge in [-0.25, -0.2) is 0 Å². The minimum Gasteiger partial charge on any atom is -0.508 e. The van der Waals surface area contributed by atoms with E-state index in [9.17, 15) is 5.11 Å². The second-order valence-electron chi connectivity index (χ2n) is 9.23. The molecule has 30 heavy (non-hydrogen) atoms. The molecule has 0 bridgehead atoms. The van der Waals surface area contributed by atoms with Gasteiger partial charge >= 0.3 is 0 Å². The van der Waals surface area contributed by atoms with Gasteiger partial charge in [-0.1, -0.05) is 38.3 Å². The van der Waals surface area contributed by atoms with Crippen molar-refractivity contribution in [1.82, 2.24) is 0 Å². The minimum absolute atomic E-state index is 0.121. The first-order chi connectivity index (χ1) is 14.5. The van der Waals surface area contributed by atoms with Crippen molar-refractivity contribution in [3.05, 3.63) is 47.0 Å². The maximum atomic E-state index is 10.6. The number of unbranched alkanes of at least 4 members (excludes halogenated alkanes) is 3. The van der Waals surface area contributed by atoms with Gasteiger partial charge in [-0.2, -0.15) is 0 Å². The van der Waals surface area contributed by atoms with Crippen molar-refractivity contribution >= 4 is 0 Å². The predicted octanol–water partition coefficient (Wildman–Crippen LogP) is 6.17. The van der Waals surface area contributed by atoms with Crippen LogP contribution >= 0.6 is 0 Å². The van der Waals surface area contributed by atoms with Gasteiger partial charge in [0.05, 0.1) is 13.2 Å². The molecule has 2 aliphatic rings. The van der Waals surface area contributed by atoms with Crippen LogP contribution in [0, 0.1) is 0 Å². The average molecular weight is 411 g/mol. The Morgan fingerprint density at radius 1 is 1.13 bits per heavy atom. The molecule has 0 fully saturated rings. The highest BCUT2D eigenvalue weighted by molar-refractivity contribution is 5.54. The Morgan fingerprint density at radius 2 is 2.00 bits per heavy atom. The van der Waals surface area contributed by atoms with E-state index in [4.69, 9.17) is 14.2 Å². The van der Waals surface area contributed by atoms with Gasteiger partial charge in [0.25, 0.3) is 0 Å². The van der Waals surface area contributed by atoms with E-state index in [0.717, 1.165) is 48.5 Å². The van der Waals surface area contributed by atoms with E-state index in [1.54, 1.807) is 6.07 Å². The Balaban J connectivity index is 1.43. The van der Waals surface area contributed by atoms with E-state index in [1.807, 2.05) is 12.1 Å². The summed E-state index contributed by atoms with van der Waals surface area (Å²) < 4.78 is 18.2. The molecule has 0 saturated heterocycles. The lowest BCUT2D eigenvalue weighted by Gasteiger charge is -2.35. The molecule has 4 nitrogen and oxygen atoms in total. The van der Waals surface area contributed by atoms with E-state index >= 15 is 0 Å². The summed E-state index contributed by atoms with van der Waals surface area (Å²) in [5.41, 5.74) is 3.20. The summed E-state index contributed by atoms with van der Waals surface area (Å²) in [6, 6.07) is 9.89. The van der Waals surface area contributed by atoms with Crippen LogP contribution < -0.4 is 14.2 Å². The van der Waals surface area contributed by atoms with Gasteiger partial charge in [0.1, 0.15) is 28.6 Å². The van der Waals surface area contributed by atoms with E-state index < -0.39 is 0 Å². The molecule has 1 atom stereocenters. The lowest BCUT2D eigenvalue weighted by atomic mass is 9.86. The summed E-state index contributed by atoms with van der Waals surface area (Å²) in [5, 5.41) is 10.6. The fraction of sp³-hybridized carbons (Fsp3) is 0.538. The third kappa shape index (κ3) is 4.53. The van der Waals surface area contributed by atoms with Gasteiger partial charge in [0, 0.05) is 23.1 Å². The van der Waals surface area contributed by atoms with Gasteiger partial charge in [0.15, 0.2) is 0 Å². The zero-order valence-corrected chi connectivity index (χ0v) is 18.5. The molecule has 0 spiro atoms. The number of rotatable bonds is 7. The van der Waals surface area contributed by atoms with Crippen molar-refractivity contribution in [3.8, 4) is 23.0 Å². The van der Waals surface area contributed by atoms with Crippen LogP contribution in [0.25, 0.3) is 0 Å². The predicted molar refractivity (Wildman–Crippen MR) is 119 cm³/mol. The van der Waals surface area contributed by atoms with E-state index in [0.29, 0.717) is 19.0 Å². The quantitative estimate of drug-likeness (QED) is 0.554. The van der Waals surface area contributed by atoms with E-state index in [-0.39, 0.29) is 11.5 Å². The molecular formula is C26H34O4. The smallest absolute Gasteiger partial charge is 0.129 e. The summed E-state index contributed by atoms with van der Waals surface area (Å²) >= 11 is 0. The molecule has 0 saturated carbocycles. The summed E-state index contributed by atoms with van der Waals surface area (Å²) in [6.45, 7) is 7.73. The van der Waals surface area contributed by atoms with Crippen molar-refractivity contribution < 1.29 is 19.3 Å². The molecule has 2 aromatic carbocycles. The van der Waals surface area contributed by atoms with Crippen molar-refractivity contribution in [3.63, 3.8) is 0 Å². The van der Waals surface area contributed by atoms with Crippen LogP contribution in [0.5, 0.6) is 23.0 Å². The van der Waals surface area contributed by atoms with Crippen LogP contribution in [0.3, 0.4) is 0 Å². The first-order valence-corrected chi connectivity index (χ1v) is 11.4. The van der Waals surface area contributed by atoms with E-state index in [1.165, 1.54) is 30.4 Å². The second-order valence-corrected chi connectivity index (χ2v) is 9.23. The van der Waals surface area contributed by atoms with Gasteiger partial charge in [-0.3, -0.25) is 0 Å². The largest absolute Gasteiger partial charge is 0.508 e. The number of aromatic hydroxyl groups is 1. The summed E-state index contributed by atoms with van der Waals surface area (Å²) in [4.78, 5) is 0. The molecule has 0 aliphatic carbocycles. The maximum Gasteiger partial charge on any atom is 0.129 e. The number of fused-ring (bicyclic) bond motifs is 3. The molecular weight excluding hydrogens is 376 g/mol. The van der Waals surface area contributed by atoms with Gasteiger partial charge in [0.2, 0.25) is 0 Å². The Labute approximate surface area is 180 Å². The van der Waals surface area contributed by atoms with Gasteiger partial charge in [-0.05, 0) is 57.2 Å². The SMILES string of the molecule is CCCCCCOc1ccc(C2COc3c(ccc4c3CCC(C)(C)O4)C2)c(O)c1. The van der Waals surface area contributed by atoms with Crippen LogP contribution in [-0.2, 0) is 12.8 Å². The number of phenols is 1. The third-order valence-corrected chi connectivity index (χ3v) is 6.27. The summed E-state index contributed by atoms with van der Waals surface area (Å²) in [6.07, 6.45) is 7.52. The molecule has 4 heteroatoms. The van der Waals surface area contributed by atoms with Crippen molar-refractivity contribution in [1.29, 1.82) is 0 Å². The molecule has 0 radical (unpaired) electrons. The first kappa shape index (κ1) is 20.9.